The van der Waals surface area contributed by atoms with Crippen LogP contribution in [0.2, 0.25) is 0 Å². The van der Waals surface area contributed by atoms with E-state index in [1.54, 1.807) is 12.1 Å². The zero-order chi connectivity index (χ0) is 18.4. The summed E-state index contributed by atoms with van der Waals surface area (Å²) in [6.07, 6.45) is 1.01. The lowest BCUT2D eigenvalue weighted by Crippen LogP contribution is -2.29. The second kappa shape index (κ2) is 5.90. The van der Waals surface area contributed by atoms with Crippen molar-refractivity contribution in [2.45, 2.75) is 26.7 Å². The quantitative estimate of drug-likeness (QED) is 0.491. The minimum atomic E-state index is -0.491. The summed E-state index contributed by atoms with van der Waals surface area (Å²) < 4.78 is 0.278. The molecule has 7 heteroatoms. The van der Waals surface area contributed by atoms with E-state index in [4.69, 9.17) is 12.2 Å². The van der Waals surface area contributed by atoms with Gasteiger partial charge in [0.2, 0.25) is 0 Å². The minimum Gasteiger partial charge on any atom is -0.348 e. The van der Waals surface area contributed by atoms with Crippen LogP contribution in [-0.2, 0) is 6.42 Å². The van der Waals surface area contributed by atoms with Crippen molar-refractivity contribution in [1.82, 2.24) is 4.98 Å². The number of hydrogen-bond donors (Lipinski definition) is 1. The number of rotatable bonds is 2. The number of non-ortho nitro benzene ring substituents is 1. The molecule has 0 saturated heterocycles. The van der Waals surface area contributed by atoms with E-state index in [-0.39, 0.29) is 27.1 Å². The molecule has 1 heterocycles. The maximum absolute atomic E-state index is 12.8. The fourth-order valence-electron chi connectivity index (χ4n) is 3.30. The molecule has 6 nitrogen and oxygen atoms in total. The van der Waals surface area contributed by atoms with E-state index in [9.17, 15) is 20.2 Å². The first-order valence-electron chi connectivity index (χ1n) is 7.71. The number of carbonyl (C=O) groups is 1. The van der Waals surface area contributed by atoms with Gasteiger partial charge in [0.05, 0.1) is 10.5 Å². The molecule has 25 heavy (non-hydrogen) atoms. The Labute approximate surface area is 149 Å². The summed E-state index contributed by atoms with van der Waals surface area (Å²) in [6.45, 7) is 4.02. The largest absolute Gasteiger partial charge is 0.348 e. The molecule has 3 rings (SSSR count). The van der Waals surface area contributed by atoms with Crippen LogP contribution in [0.5, 0.6) is 0 Å². The van der Waals surface area contributed by atoms with Crippen LogP contribution in [0.4, 0.5) is 5.69 Å². The van der Waals surface area contributed by atoms with Crippen LogP contribution in [0.3, 0.4) is 0 Å². The summed E-state index contributed by atoms with van der Waals surface area (Å²) >= 11 is 5.31. The monoisotopic (exact) mass is 353 g/mol. The van der Waals surface area contributed by atoms with Gasteiger partial charge in [-0.1, -0.05) is 26.1 Å². The van der Waals surface area contributed by atoms with Crippen LogP contribution in [0.1, 0.15) is 41.9 Å². The molecule has 0 spiro atoms. The Bertz CT molecular complexity index is 998. The molecule has 1 N–H and O–H groups in total. The van der Waals surface area contributed by atoms with Crippen molar-refractivity contribution in [1.29, 1.82) is 5.26 Å². The summed E-state index contributed by atoms with van der Waals surface area (Å²) in [5, 5.41) is 20.4. The van der Waals surface area contributed by atoms with E-state index in [0.717, 1.165) is 5.69 Å². The molecule has 0 saturated carbocycles. The molecule has 1 aromatic carbocycles. The molecule has 1 aliphatic rings. The van der Waals surface area contributed by atoms with Crippen molar-refractivity contribution in [2.24, 2.45) is 5.41 Å². The second-order valence-electron chi connectivity index (χ2n) is 6.91. The van der Waals surface area contributed by atoms with Crippen molar-refractivity contribution in [3.8, 4) is 17.2 Å². The van der Waals surface area contributed by atoms with Gasteiger partial charge in [-0.3, -0.25) is 14.9 Å². The number of nitro benzene ring substituents is 1. The molecule has 0 fully saturated rings. The molecule has 0 radical (unpaired) electrons. The normalized spacial score (nSPS) is 15.3. The molecular weight excluding hydrogens is 338 g/mol. The van der Waals surface area contributed by atoms with Crippen LogP contribution in [0.15, 0.2) is 24.3 Å². The molecule has 0 unspecified atom stereocenters. The van der Waals surface area contributed by atoms with Gasteiger partial charge in [0.1, 0.15) is 10.7 Å². The Kier molecular flexibility index (Phi) is 4.01. The summed E-state index contributed by atoms with van der Waals surface area (Å²) in [5.41, 5.74) is 2.21. The van der Waals surface area contributed by atoms with Crippen molar-refractivity contribution in [3.63, 3.8) is 0 Å². The van der Waals surface area contributed by atoms with Gasteiger partial charge in [0.25, 0.3) is 5.69 Å². The number of benzene rings is 1. The third kappa shape index (κ3) is 2.96. The van der Waals surface area contributed by atoms with E-state index >= 15 is 0 Å². The first-order chi connectivity index (χ1) is 11.7. The SMILES string of the molecule is CC1(C)CC(=O)c2c([nH]c(=S)c(C#N)c2-c2ccc([N+](=O)[O-])cc2)C1. The number of Topliss-reactive ketones (excluding diaryl/α,β-unsaturated/α-hetero) is 1. The number of hydrogen-bond acceptors (Lipinski definition) is 5. The molecule has 0 amide bonds. The maximum Gasteiger partial charge on any atom is 0.269 e. The first-order valence-corrected chi connectivity index (χ1v) is 8.11. The number of fused-ring (bicyclic) bond motifs is 1. The van der Waals surface area contributed by atoms with Gasteiger partial charge in [0.15, 0.2) is 5.78 Å². The predicted molar refractivity (Wildman–Crippen MR) is 94.9 cm³/mol. The molecule has 2 aromatic rings. The Morgan fingerprint density at radius 1 is 1.24 bits per heavy atom. The highest BCUT2D eigenvalue weighted by atomic mass is 32.1. The summed E-state index contributed by atoms with van der Waals surface area (Å²) in [5.74, 6) is -0.0534. The lowest BCUT2D eigenvalue weighted by Gasteiger charge is -2.31. The molecular formula is C18H15N3O3S. The second-order valence-corrected chi connectivity index (χ2v) is 7.32. The number of H-pyrrole nitrogens is 1. The van der Waals surface area contributed by atoms with Crippen LogP contribution < -0.4 is 0 Å². The predicted octanol–water partition coefficient (Wildman–Crippen LogP) is 4.35. The minimum absolute atomic E-state index is 0.0512. The van der Waals surface area contributed by atoms with Crippen molar-refractivity contribution in [2.75, 3.05) is 0 Å². The Morgan fingerprint density at radius 3 is 2.44 bits per heavy atom. The van der Waals surface area contributed by atoms with Gasteiger partial charge in [-0.15, -0.1) is 0 Å². The molecule has 0 aliphatic heterocycles. The van der Waals surface area contributed by atoms with Crippen molar-refractivity contribution >= 4 is 23.7 Å². The third-order valence-corrected chi connectivity index (χ3v) is 4.65. The number of aromatic amines is 1. The highest BCUT2D eigenvalue weighted by Crippen LogP contribution is 2.40. The van der Waals surface area contributed by atoms with Crippen LogP contribution in [0.25, 0.3) is 11.1 Å². The molecule has 1 aliphatic carbocycles. The zero-order valence-corrected chi connectivity index (χ0v) is 14.6. The average Bonchev–Trinajstić information content (AvgIpc) is 2.52. The summed E-state index contributed by atoms with van der Waals surface area (Å²) in [6, 6.07) is 7.90. The average molecular weight is 353 g/mol. The number of nitriles is 1. The van der Waals surface area contributed by atoms with E-state index in [1.165, 1.54) is 12.1 Å². The van der Waals surface area contributed by atoms with Crippen molar-refractivity contribution in [3.05, 3.63) is 55.8 Å². The first kappa shape index (κ1) is 17.0. The molecule has 1 aromatic heterocycles. The number of pyridine rings is 1. The van der Waals surface area contributed by atoms with Gasteiger partial charge < -0.3 is 4.98 Å². The van der Waals surface area contributed by atoms with Gasteiger partial charge in [0, 0.05) is 35.4 Å². The smallest absolute Gasteiger partial charge is 0.269 e. The van der Waals surface area contributed by atoms with Gasteiger partial charge >= 0.3 is 0 Å². The van der Waals surface area contributed by atoms with E-state index in [0.29, 0.717) is 29.5 Å². The number of carbonyl (C=O) groups excluding carboxylic acids is 1. The van der Waals surface area contributed by atoms with Gasteiger partial charge in [-0.05, 0) is 29.5 Å². The van der Waals surface area contributed by atoms with E-state index < -0.39 is 4.92 Å². The number of nitrogens with zero attached hydrogens (tertiary/aromatic N) is 2. The van der Waals surface area contributed by atoms with Crippen molar-refractivity contribution < 1.29 is 9.72 Å². The number of aromatic nitrogens is 1. The highest BCUT2D eigenvalue weighted by Gasteiger charge is 2.34. The fraction of sp³-hybridized carbons (Fsp3) is 0.278. The van der Waals surface area contributed by atoms with E-state index in [2.05, 4.69) is 11.1 Å². The molecule has 0 atom stereocenters. The summed E-state index contributed by atoms with van der Waals surface area (Å²) in [7, 11) is 0. The lowest BCUT2D eigenvalue weighted by atomic mass is 9.73. The van der Waals surface area contributed by atoms with Gasteiger partial charge in [-0.2, -0.15) is 5.26 Å². The number of ketones is 1. The standard InChI is InChI=1S/C18H15N3O3S/c1-18(2)7-13-16(14(22)8-18)15(12(9-19)17(25)20-13)10-3-5-11(6-4-10)21(23)24/h3-6H,7-8H2,1-2H3,(H,20,25). The topological polar surface area (TPSA) is 99.8 Å². The third-order valence-electron chi connectivity index (χ3n) is 4.35. The number of nitro groups is 1. The van der Waals surface area contributed by atoms with Crippen LogP contribution in [0, 0.1) is 31.5 Å². The Hall–Kier alpha value is -2.85. The summed E-state index contributed by atoms with van der Waals surface area (Å²) in [4.78, 5) is 26.2. The molecule has 0 bridgehead atoms. The Morgan fingerprint density at radius 2 is 1.88 bits per heavy atom. The zero-order valence-electron chi connectivity index (χ0n) is 13.8. The Balaban J connectivity index is 2.31. The van der Waals surface area contributed by atoms with Crippen LogP contribution >= 0.6 is 12.2 Å². The van der Waals surface area contributed by atoms with Gasteiger partial charge in [-0.25, -0.2) is 0 Å². The fourth-order valence-corrected chi connectivity index (χ4v) is 3.57. The lowest BCUT2D eigenvalue weighted by molar-refractivity contribution is -0.384. The highest BCUT2D eigenvalue weighted by molar-refractivity contribution is 7.71. The maximum atomic E-state index is 12.8. The van der Waals surface area contributed by atoms with E-state index in [1.807, 2.05) is 13.8 Å². The molecule has 126 valence electrons. The number of nitrogens with one attached hydrogen (secondary N) is 1. The van der Waals surface area contributed by atoms with Crippen LogP contribution in [-0.4, -0.2) is 15.7 Å².